The molecular formula is C22H23O3P. The highest BCUT2D eigenvalue weighted by Crippen LogP contribution is 2.48. The summed E-state index contributed by atoms with van der Waals surface area (Å²) in [6.45, 7) is 4.49. The van der Waals surface area contributed by atoms with Gasteiger partial charge in [-0.25, -0.2) is 0 Å². The SMILES string of the molecule is CCOP(=O)(CCc1cc2ccc3cccc4ccc(c1)c2c34)OCC. The highest BCUT2D eigenvalue weighted by Gasteiger charge is 2.23. The minimum Gasteiger partial charge on any atom is -0.309 e. The molecule has 0 aliphatic heterocycles. The van der Waals surface area contributed by atoms with Gasteiger partial charge in [-0.2, -0.15) is 0 Å². The van der Waals surface area contributed by atoms with Crippen molar-refractivity contribution < 1.29 is 13.6 Å². The number of benzene rings is 4. The van der Waals surface area contributed by atoms with Crippen LogP contribution in [0.15, 0.2) is 54.6 Å². The van der Waals surface area contributed by atoms with Crippen LogP contribution in [0.5, 0.6) is 0 Å². The van der Waals surface area contributed by atoms with Crippen LogP contribution in [0.3, 0.4) is 0 Å². The molecule has 4 rings (SSSR count). The smallest absolute Gasteiger partial charge is 0.309 e. The molecule has 0 unspecified atom stereocenters. The van der Waals surface area contributed by atoms with E-state index in [1.54, 1.807) is 0 Å². The van der Waals surface area contributed by atoms with Crippen molar-refractivity contribution in [2.24, 2.45) is 0 Å². The first-order valence-electron chi connectivity index (χ1n) is 9.18. The van der Waals surface area contributed by atoms with E-state index in [1.165, 1.54) is 32.3 Å². The molecule has 4 aromatic carbocycles. The topological polar surface area (TPSA) is 35.5 Å². The lowest BCUT2D eigenvalue weighted by Gasteiger charge is -2.17. The van der Waals surface area contributed by atoms with E-state index < -0.39 is 7.60 Å². The molecule has 0 aliphatic carbocycles. The molecule has 0 amide bonds. The van der Waals surface area contributed by atoms with E-state index in [0.29, 0.717) is 25.8 Å². The Morgan fingerprint density at radius 3 is 1.81 bits per heavy atom. The normalized spacial score (nSPS) is 12.5. The standard InChI is InChI=1S/C22H23O3P/c1-3-24-26(23,25-4-2)13-12-16-14-19-10-8-17-6-5-7-18-9-11-20(15-16)22(19)21(17)18/h5-11,14-15H,3-4,12-13H2,1-2H3. The molecule has 0 bridgehead atoms. The van der Waals surface area contributed by atoms with Crippen molar-refractivity contribution in [3.05, 3.63) is 60.2 Å². The average Bonchev–Trinajstić information content (AvgIpc) is 2.65. The predicted molar refractivity (Wildman–Crippen MR) is 110 cm³/mol. The molecule has 0 radical (unpaired) electrons. The Morgan fingerprint density at radius 2 is 1.27 bits per heavy atom. The summed E-state index contributed by atoms with van der Waals surface area (Å²) in [6.07, 6.45) is 1.08. The number of rotatable bonds is 7. The molecule has 0 atom stereocenters. The van der Waals surface area contributed by atoms with Gasteiger partial charge in [0.05, 0.1) is 19.4 Å². The maximum absolute atomic E-state index is 12.7. The zero-order valence-electron chi connectivity index (χ0n) is 15.2. The third kappa shape index (κ3) is 3.12. The summed E-state index contributed by atoms with van der Waals surface area (Å²) in [5.41, 5.74) is 1.16. The highest BCUT2D eigenvalue weighted by atomic mass is 31.2. The molecule has 134 valence electrons. The van der Waals surface area contributed by atoms with E-state index >= 15 is 0 Å². The van der Waals surface area contributed by atoms with Crippen LogP contribution < -0.4 is 0 Å². The van der Waals surface area contributed by atoms with Crippen LogP contribution in [-0.2, 0) is 20.0 Å². The van der Waals surface area contributed by atoms with E-state index in [4.69, 9.17) is 9.05 Å². The second-order valence-electron chi connectivity index (χ2n) is 6.55. The highest BCUT2D eigenvalue weighted by molar-refractivity contribution is 7.53. The van der Waals surface area contributed by atoms with Crippen LogP contribution in [-0.4, -0.2) is 19.4 Å². The largest absolute Gasteiger partial charge is 0.330 e. The lowest BCUT2D eigenvalue weighted by atomic mass is 9.92. The van der Waals surface area contributed by atoms with Gasteiger partial charge >= 0.3 is 7.60 Å². The molecule has 4 heteroatoms. The van der Waals surface area contributed by atoms with E-state index in [1.807, 2.05) is 13.8 Å². The first kappa shape index (κ1) is 17.5. The van der Waals surface area contributed by atoms with Gasteiger partial charge in [0.15, 0.2) is 0 Å². The Labute approximate surface area is 153 Å². The summed E-state index contributed by atoms with van der Waals surface area (Å²) >= 11 is 0. The van der Waals surface area contributed by atoms with Crippen molar-refractivity contribution in [2.45, 2.75) is 20.3 Å². The van der Waals surface area contributed by atoms with Crippen molar-refractivity contribution in [3.8, 4) is 0 Å². The second kappa shape index (κ2) is 7.00. The number of aryl methyl sites for hydroxylation is 1. The van der Waals surface area contributed by atoms with Crippen LogP contribution >= 0.6 is 7.60 Å². The van der Waals surface area contributed by atoms with Gasteiger partial charge in [0.2, 0.25) is 0 Å². The quantitative estimate of drug-likeness (QED) is 0.281. The third-order valence-electron chi connectivity index (χ3n) is 4.85. The molecule has 26 heavy (non-hydrogen) atoms. The Hall–Kier alpha value is -1.93. The van der Waals surface area contributed by atoms with E-state index in [9.17, 15) is 4.57 Å². The first-order valence-corrected chi connectivity index (χ1v) is 10.9. The van der Waals surface area contributed by atoms with Gasteiger partial charge in [0, 0.05) is 0 Å². The van der Waals surface area contributed by atoms with Crippen molar-refractivity contribution in [3.63, 3.8) is 0 Å². The summed E-state index contributed by atoms with van der Waals surface area (Å²) in [5, 5.41) is 7.62. The summed E-state index contributed by atoms with van der Waals surface area (Å²) in [7, 11) is -3.01. The first-order chi connectivity index (χ1) is 12.6. The summed E-state index contributed by atoms with van der Waals surface area (Å²) in [6, 6.07) is 19.6. The minimum atomic E-state index is -3.01. The monoisotopic (exact) mass is 366 g/mol. The number of hydrogen-bond acceptors (Lipinski definition) is 3. The van der Waals surface area contributed by atoms with Crippen LogP contribution in [0.25, 0.3) is 32.3 Å². The van der Waals surface area contributed by atoms with Crippen LogP contribution in [0.4, 0.5) is 0 Å². The fourth-order valence-corrected chi connectivity index (χ4v) is 5.44. The Morgan fingerprint density at radius 1 is 0.769 bits per heavy atom. The molecule has 0 heterocycles. The summed E-state index contributed by atoms with van der Waals surface area (Å²) in [5.74, 6) is 0. The molecule has 0 fully saturated rings. The lowest BCUT2D eigenvalue weighted by molar-refractivity contribution is 0.220. The molecule has 0 saturated carbocycles. The fourth-order valence-electron chi connectivity index (χ4n) is 3.79. The lowest BCUT2D eigenvalue weighted by Crippen LogP contribution is -2.03. The minimum absolute atomic E-state index is 0.401. The molecule has 0 N–H and O–H groups in total. The average molecular weight is 366 g/mol. The van der Waals surface area contributed by atoms with Gasteiger partial charge in [-0.05, 0) is 58.1 Å². The van der Waals surface area contributed by atoms with Crippen molar-refractivity contribution >= 4 is 39.9 Å². The van der Waals surface area contributed by atoms with Crippen LogP contribution in [0.2, 0.25) is 0 Å². The van der Waals surface area contributed by atoms with Gasteiger partial charge < -0.3 is 9.05 Å². The Bertz CT molecular complexity index is 1030. The van der Waals surface area contributed by atoms with Crippen LogP contribution in [0.1, 0.15) is 19.4 Å². The zero-order valence-corrected chi connectivity index (χ0v) is 16.1. The summed E-state index contributed by atoms with van der Waals surface area (Å²) < 4.78 is 23.6. The van der Waals surface area contributed by atoms with E-state index in [-0.39, 0.29) is 0 Å². The van der Waals surface area contributed by atoms with Gasteiger partial charge in [0.25, 0.3) is 0 Å². The Kier molecular flexibility index (Phi) is 4.71. The van der Waals surface area contributed by atoms with Gasteiger partial charge in [0.1, 0.15) is 0 Å². The van der Waals surface area contributed by atoms with Crippen molar-refractivity contribution in [2.75, 3.05) is 19.4 Å². The Balaban J connectivity index is 1.74. The van der Waals surface area contributed by atoms with Crippen LogP contribution in [0, 0.1) is 0 Å². The maximum atomic E-state index is 12.7. The zero-order chi connectivity index (χ0) is 18.1. The second-order valence-corrected chi connectivity index (χ2v) is 8.73. The molecule has 0 aliphatic rings. The summed E-state index contributed by atoms with van der Waals surface area (Å²) in [4.78, 5) is 0. The molecule has 4 aromatic rings. The maximum Gasteiger partial charge on any atom is 0.330 e. The molecular weight excluding hydrogens is 343 g/mol. The predicted octanol–water partition coefficient (Wildman–Crippen LogP) is 6.39. The van der Waals surface area contributed by atoms with Crippen molar-refractivity contribution in [1.29, 1.82) is 0 Å². The van der Waals surface area contributed by atoms with Gasteiger partial charge in [-0.3, -0.25) is 4.57 Å². The molecule has 0 spiro atoms. The van der Waals surface area contributed by atoms with Crippen molar-refractivity contribution in [1.82, 2.24) is 0 Å². The third-order valence-corrected chi connectivity index (χ3v) is 6.92. The molecule has 0 aromatic heterocycles. The van der Waals surface area contributed by atoms with E-state index in [2.05, 4.69) is 54.6 Å². The molecule has 0 saturated heterocycles. The fraction of sp³-hybridized carbons (Fsp3) is 0.273. The number of hydrogen-bond donors (Lipinski definition) is 0. The van der Waals surface area contributed by atoms with E-state index in [0.717, 1.165) is 5.56 Å². The van der Waals surface area contributed by atoms with Gasteiger partial charge in [-0.15, -0.1) is 0 Å². The van der Waals surface area contributed by atoms with Gasteiger partial charge in [-0.1, -0.05) is 54.6 Å². The molecule has 3 nitrogen and oxygen atoms in total.